The van der Waals surface area contributed by atoms with E-state index >= 15 is 0 Å². The molecule has 0 N–H and O–H groups in total. The Morgan fingerprint density at radius 3 is 1.32 bits per heavy atom. The molecule has 0 atom stereocenters. The summed E-state index contributed by atoms with van der Waals surface area (Å²) in [7, 11) is 0. The molecule has 0 spiro atoms. The van der Waals surface area contributed by atoms with Crippen LogP contribution in [0.3, 0.4) is 0 Å². The topological polar surface area (TPSA) is 0 Å². The van der Waals surface area contributed by atoms with Crippen LogP contribution in [-0.2, 0) is 0 Å². The fourth-order valence-electron chi connectivity index (χ4n) is 3.33. The largest absolute Gasteiger partial charge is 0.135 e. The number of fused-ring (bicyclic) bond motifs is 2. The molecule has 0 aliphatic carbocycles. The van der Waals surface area contributed by atoms with Crippen LogP contribution in [0.4, 0.5) is 0 Å². The van der Waals surface area contributed by atoms with Gasteiger partial charge < -0.3 is 0 Å². The average molecular weight is 336 g/mol. The monoisotopic (exact) mass is 336 g/mol. The number of benzene rings is 4. The van der Waals surface area contributed by atoms with Crippen LogP contribution in [-0.4, -0.2) is 0 Å². The highest BCUT2D eigenvalue weighted by Crippen LogP contribution is 2.36. The maximum Gasteiger partial charge on any atom is 0.0349 e. The quantitative estimate of drug-likeness (QED) is 0.315. The molecule has 1 heteroatoms. The highest BCUT2D eigenvalue weighted by atomic mass is 32.1. The Balaban J connectivity index is 1.57. The molecule has 0 nitrogen and oxygen atoms in total. The Bertz CT molecular complexity index is 1100. The van der Waals surface area contributed by atoms with Crippen LogP contribution in [0.25, 0.3) is 42.4 Å². The van der Waals surface area contributed by atoms with E-state index in [0.717, 1.165) is 0 Å². The molecule has 0 saturated heterocycles. The van der Waals surface area contributed by atoms with E-state index in [2.05, 4.69) is 97.1 Å². The Hall–Kier alpha value is -2.90. The maximum atomic E-state index is 2.28. The number of rotatable bonds is 2. The zero-order chi connectivity index (χ0) is 16.6. The summed E-state index contributed by atoms with van der Waals surface area (Å²) >= 11 is 1.86. The number of hydrogen-bond acceptors (Lipinski definition) is 1. The summed E-state index contributed by atoms with van der Waals surface area (Å²) in [5.41, 5.74) is 2.58. The Labute approximate surface area is 151 Å². The van der Waals surface area contributed by atoms with Crippen LogP contribution >= 0.6 is 11.3 Å². The van der Waals surface area contributed by atoms with Crippen LogP contribution in [0.1, 0.15) is 0 Å². The van der Waals surface area contributed by atoms with Gasteiger partial charge in [0, 0.05) is 9.75 Å². The normalized spacial score (nSPS) is 11.2. The lowest BCUT2D eigenvalue weighted by molar-refractivity contribution is 1.73. The molecular formula is C24H16S. The molecule has 1 aromatic heterocycles. The van der Waals surface area contributed by atoms with E-state index in [4.69, 9.17) is 0 Å². The third-order valence-electron chi connectivity index (χ3n) is 4.67. The number of thiophene rings is 1. The number of hydrogen-bond donors (Lipinski definition) is 0. The molecule has 118 valence electrons. The van der Waals surface area contributed by atoms with E-state index in [1.54, 1.807) is 0 Å². The first-order valence-corrected chi connectivity index (χ1v) is 9.27. The van der Waals surface area contributed by atoms with Crippen molar-refractivity contribution < 1.29 is 0 Å². The Kier molecular flexibility index (Phi) is 3.39. The molecule has 0 unspecified atom stereocenters. The minimum atomic E-state index is 1.29. The van der Waals surface area contributed by atoms with Crippen molar-refractivity contribution in [2.75, 3.05) is 0 Å². The molecule has 5 rings (SSSR count). The summed E-state index contributed by atoms with van der Waals surface area (Å²) in [6.07, 6.45) is 0. The summed E-state index contributed by atoms with van der Waals surface area (Å²) in [6, 6.07) is 34.9. The second kappa shape index (κ2) is 5.87. The summed E-state index contributed by atoms with van der Waals surface area (Å²) < 4.78 is 0. The summed E-state index contributed by atoms with van der Waals surface area (Å²) in [5, 5.41) is 5.16. The fourth-order valence-corrected chi connectivity index (χ4v) is 4.33. The minimum absolute atomic E-state index is 1.29. The van der Waals surface area contributed by atoms with Crippen molar-refractivity contribution in [1.82, 2.24) is 0 Å². The molecule has 1 heterocycles. The highest BCUT2D eigenvalue weighted by molar-refractivity contribution is 7.18. The van der Waals surface area contributed by atoms with Gasteiger partial charge in [-0.3, -0.25) is 0 Å². The van der Waals surface area contributed by atoms with Crippen molar-refractivity contribution in [3.8, 4) is 20.9 Å². The summed E-state index contributed by atoms with van der Waals surface area (Å²) in [5.74, 6) is 0. The van der Waals surface area contributed by atoms with Crippen LogP contribution in [0, 0.1) is 0 Å². The van der Waals surface area contributed by atoms with E-state index in [9.17, 15) is 0 Å². The van der Waals surface area contributed by atoms with E-state index in [-0.39, 0.29) is 0 Å². The molecule has 4 aromatic carbocycles. The van der Waals surface area contributed by atoms with Crippen molar-refractivity contribution in [3.05, 3.63) is 97.1 Å². The smallest absolute Gasteiger partial charge is 0.0349 e. The van der Waals surface area contributed by atoms with E-state index < -0.39 is 0 Å². The van der Waals surface area contributed by atoms with Crippen LogP contribution in [0.5, 0.6) is 0 Å². The second-order valence-corrected chi connectivity index (χ2v) is 7.37. The minimum Gasteiger partial charge on any atom is -0.135 e. The summed E-state index contributed by atoms with van der Waals surface area (Å²) in [6.45, 7) is 0. The first kappa shape index (κ1) is 14.4. The van der Waals surface area contributed by atoms with Crippen LogP contribution in [0.2, 0.25) is 0 Å². The SMILES string of the molecule is c1ccc2cc(-c3ccc(-c4ccc5ccccc5c4)s3)ccc2c1. The second-order valence-electron chi connectivity index (χ2n) is 6.29. The van der Waals surface area contributed by atoms with Gasteiger partial charge in [-0.25, -0.2) is 0 Å². The molecule has 0 bridgehead atoms. The van der Waals surface area contributed by atoms with Gasteiger partial charge in [-0.1, -0.05) is 72.8 Å². The molecule has 0 saturated carbocycles. The van der Waals surface area contributed by atoms with Gasteiger partial charge in [0.25, 0.3) is 0 Å². The molecule has 0 radical (unpaired) electrons. The Morgan fingerprint density at radius 1 is 0.400 bits per heavy atom. The lowest BCUT2D eigenvalue weighted by Gasteiger charge is -2.02. The molecule has 0 amide bonds. The predicted octanol–water partition coefficient (Wildman–Crippen LogP) is 7.39. The van der Waals surface area contributed by atoms with Gasteiger partial charge in [-0.2, -0.15) is 0 Å². The van der Waals surface area contributed by atoms with Crippen molar-refractivity contribution >= 4 is 32.9 Å². The standard InChI is InChI=1S/C24H16S/c1-3-7-19-15-21(11-9-17(19)5-1)23-13-14-24(25-23)22-12-10-18-6-2-4-8-20(18)16-22/h1-16H. The molecular weight excluding hydrogens is 320 g/mol. The highest BCUT2D eigenvalue weighted by Gasteiger charge is 2.06. The van der Waals surface area contributed by atoms with Gasteiger partial charge in [0.2, 0.25) is 0 Å². The Morgan fingerprint density at radius 2 is 0.840 bits per heavy atom. The molecule has 0 fully saturated rings. The van der Waals surface area contributed by atoms with Crippen molar-refractivity contribution in [2.24, 2.45) is 0 Å². The van der Waals surface area contributed by atoms with Crippen LogP contribution in [0.15, 0.2) is 97.1 Å². The molecule has 25 heavy (non-hydrogen) atoms. The van der Waals surface area contributed by atoms with Gasteiger partial charge in [-0.15, -0.1) is 11.3 Å². The van der Waals surface area contributed by atoms with E-state index in [0.29, 0.717) is 0 Å². The fraction of sp³-hybridized carbons (Fsp3) is 0. The van der Waals surface area contributed by atoms with Crippen LogP contribution < -0.4 is 0 Å². The average Bonchev–Trinajstić information content (AvgIpc) is 3.17. The van der Waals surface area contributed by atoms with Crippen molar-refractivity contribution in [3.63, 3.8) is 0 Å². The van der Waals surface area contributed by atoms with E-state index in [1.807, 2.05) is 11.3 Å². The van der Waals surface area contributed by atoms with Crippen molar-refractivity contribution in [2.45, 2.75) is 0 Å². The first-order chi connectivity index (χ1) is 12.4. The zero-order valence-electron chi connectivity index (χ0n) is 13.6. The first-order valence-electron chi connectivity index (χ1n) is 8.45. The zero-order valence-corrected chi connectivity index (χ0v) is 14.5. The van der Waals surface area contributed by atoms with Gasteiger partial charge in [0.15, 0.2) is 0 Å². The lowest BCUT2D eigenvalue weighted by Crippen LogP contribution is -1.75. The predicted molar refractivity (Wildman–Crippen MR) is 110 cm³/mol. The van der Waals surface area contributed by atoms with Gasteiger partial charge in [0.05, 0.1) is 0 Å². The maximum absolute atomic E-state index is 2.28. The molecule has 5 aromatic rings. The third kappa shape index (κ3) is 2.63. The summed E-state index contributed by atoms with van der Waals surface area (Å²) in [4.78, 5) is 2.63. The van der Waals surface area contributed by atoms with Gasteiger partial charge >= 0.3 is 0 Å². The van der Waals surface area contributed by atoms with E-state index in [1.165, 1.54) is 42.4 Å². The third-order valence-corrected chi connectivity index (χ3v) is 5.86. The van der Waals surface area contributed by atoms with Gasteiger partial charge in [-0.05, 0) is 56.9 Å². The van der Waals surface area contributed by atoms with Gasteiger partial charge in [0.1, 0.15) is 0 Å². The molecule has 0 aliphatic heterocycles. The lowest BCUT2D eigenvalue weighted by atomic mass is 10.1. The van der Waals surface area contributed by atoms with Crippen molar-refractivity contribution in [1.29, 1.82) is 0 Å². The molecule has 0 aliphatic rings.